The van der Waals surface area contributed by atoms with Crippen molar-refractivity contribution in [2.45, 2.75) is 25.0 Å². The Morgan fingerprint density at radius 2 is 1.67 bits per heavy atom. The van der Waals surface area contributed by atoms with Crippen LogP contribution in [0.25, 0.3) is 0 Å². The molecule has 154 valence electrons. The first-order chi connectivity index (χ1) is 14.4. The van der Waals surface area contributed by atoms with Crippen LogP contribution in [-0.4, -0.2) is 33.9 Å². The highest BCUT2D eigenvalue weighted by atomic mass is 16.6. The summed E-state index contributed by atoms with van der Waals surface area (Å²) in [6.45, 7) is 0. The van der Waals surface area contributed by atoms with Gasteiger partial charge in [-0.15, -0.1) is 0 Å². The highest BCUT2D eigenvalue weighted by Gasteiger charge is 2.31. The summed E-state index contributed by atoms with van der Waals surface area (Å²) in [5.74, 6) is -1.32. The lowest BCUT2D eigenvalue weighted by Gasteiger charge is -2.29. The third-order valence-electron chi connectivity index (χ3n) is 4.59. The smallest absolute Gasteiger partial charge is 0.338 e. The Balaban J connectivity index is 1.77. The van der Waals surface area contributed by atoms with Crippen LogP contribution >= 0.6 is 0 Å². The molecule has 0 aliphatic heterocycles. The molecule has 0 fully saturated rings. The number of carbonyl (C=O) groups is 2. The molecule has 0 spiro atoms. The van der Waals surface area contributed by atoms with Gasteiger partial charge in [0.25, 0.3) is 17.3 Å². The molecule has 0 bridgehead atoms. The predicted octanol–water partition coefficient (Wildman–Crippen LogP) is 3.18. The largest absolute Gasteiger partial charge is 0.456 e. The van der Waals surface area contributed by atoms with Crippen LogP contribution in [0.3, 0.4) is 0 Å². The second-order valence-electron chi connectivity index (χ2n) is 6.55. The summed E-state index contributed by atoms with van der Waals surface area (Å²) >= 11 is 0. The number of nitro groups is 2. The Hall–Kier alpha value is -4.08. The maximum absolute atomic E-state index is 12.7. The van der Waals surface area contributed by atoms with Gasteiger partial charge in [-0.2, -0.15) is 0 Å². The number of non-ortho nitro benzene ring substituents is 1. The van der Waals surface area contributed by atoms with E-state index in [1.807, 2.05) is 12.2 Å². The summed E-state index contributed by atoms with van der Waals surface area (Å²) in [6.07, 6.45) is 3.69. The van der Waals surface area contributed by atoms with Crippen LogP contribution in [0.5, 0.6) is 0 Å². The lowest BCUT2D eigenvalue weighted by molar-refractivity contribution is -0.394. The van der Waals surface area contributed by atoms with E-state index in [9.17, 15) is 29.8 Å². The lowest BCUT2D eigenvalue weighted by atomic mass is 9.97. The standard InChI is InChI=1S/C20H17N3O7/c24-19(15-11-10-14(22(26)27)12-17(15)23(28)29)21-16-8-4-5-9-18(16)30-20(25)13-6-2-1-3-7-13/h1-7,10-12,16,18H,8-9H2,(H,21,24)/t16-,18-/m1/s1. The third-order valence-corrected chi connectivity index (χ3v) is 4.59. The van der Waals surface area contributed by atoms with E-state index in [2.05, 4.69) is 5.32 Å². The van der Waals surface area contributed by atoms with Crippen molar-refractivity contribution in [1.29, 1.82) is 0 Å². The molecule has 1 amide bonds. The fourth-order valence-corrected chi connectivity index (χ4v) is 3.07. The molecular weight excluding hydrogens is 394 g/mol. The van der Waals surface area contributed by atoms with Gasteiger partial charge in [-0.1, -0.05) is 30.4 Å². The van der Waals surface area contributed by atoms with Gasteiger partial charge in [0.2, 0.25) is 0 Å². The molecule has 0 aromatic heterocycles. The van der Waals surface area contributed by atoms with Crippen molar-refractivity contribution in [2.24, 2.45) is 0 Å². The minimum Gasteiger partial charge on any atom is -0.456 e. The van der Waals surface area contributed by atoms with Crippen molar-refractivity contribution < 1.29 is 24.2 Å². The second-order valence-corrected chi connectivity index (χ2v) is 6.55. The van der Waals surface area contributed by atoms with E-state index in [0.717, 1.165) is 18.2 Å². The van der Waals surface area contributed by atoms with Gasteiger partial charge in [-0.05, 0) is 24.6 Å². The van der Waals surface area contributed by atoms with E-state index in [1.54, 1.807) is 30.3 Å². The molecule has 0 saturated carbocycles. The molecule has 10 heteroatoms. The van der Waals surface area contributed by atoms with Gasteiger partial charge in [-0.25, -0.2) is 4.79 Å². The number of ether oxygens (including phenoxy) is 1. The second kappa shape index (κ2) is 8.95. The van der Waals surface area contributed by atoms with Crippen molar-refractivity contribution in [1.82, 2.24) is 5.32 Å². The van der Waals surface area contributed by atoms with Gasteiger partial charge in [0, 0.05) is 12.5 Å². The fraction of sp³-hybridized carbons (Fsp3) is 0.200. The van der Waals surface area contributed by atoms with Gasteiger partial charge in [0.05, 0.1) is 27.5 Å². The first-order valence-electron chi connectivity index (χ1n) is 9.01. The number of hydrogen-bond acceptors (Lipinski definition) is 7. The summed E-state index contributed by atoms with van der Waals surface area (Å²) in [6, 6.07) is 10.6. The van der Waals surface area contributed by atoms with Crippen LogP contribution in [0, 0.1) is 20.2 Å². The van der Waals surface area contributed by atoms with Crippen molar-refractivity contribution in [3.05, 3.63) is 92.0 Å². The molecule has 3 rings (SSSR count). The first-order valence-corrected chi connectivity index (χ1v) is 9.01. The first kappa shape index (κ1) is 20.6. The van der Waals surface area contributed by atoms with Crippen LogP contribution in [0.2, 0.25) is 0 Å². The molecule has 1 aliphatic carbocycles. The Kier molecular flexibility index (Phi) is 6.16. The molecular formula is C20H17N3O7. The maximum atomic E-state index is 12.7. The van der Waals surface area contributed by atoms with Crippen molar-refractivity contribution in [3.63, 3.8) is 0 Å². The van der Waals surface area contributed by atoms with E-state index in [0.29, 0.717) is 18.4 Å². The molecule has 2 aromatic rings. The average Bonchev–Trinajstić information content (AvgIpc) is 2.75. The maximum Gasteiger partial charge on any atom is 0.338 e. The van der Waals surface area contributed by atoms with Crippen LogP contribution in [0.4, 0.5) is 11.4 Å². The number of nitrogens with one attached hydrogen (secondary N) is 1. The molecule has 0 radical (unpaired) electrons. The van der Waals surface area contributed by atoms with Crippen LogP contribution in [-0.2, 0) is 4.74 Å². The lowest BCUT2D eigenvalue weighted by Crippen LogP contribution is -2.46. The third kappa shape index (κ3) is 4.66. The number of benzene rings is 2. The SMILES string of the molecule is O=C(O[C@@H]1CC=CC[C@H]1NC(=O)c1ccc([N+](=O)[O-])cc1[N+](=O)[O-])c1ccccc1. The van der Waals surface area contributed by atoms with E-state index >= 15 is 0 Å². The number of carbonyl (C=O) groups excluding carboxylic acids is 2. The Morgan fingerprint density at radius 1 is 0.967 bits per heavy atom. The topological polar surface area (TPSA) is 142 Å². The molecule has 2 aromatic carbocycles. The zero-order valence-corrected chi connectivity index (χ0v) is 15.6. The Morgan fingerprint density at radius 3 is 2.33 bits per heavy atom. The number of hydrogen-bond donors (Lipinski definition) is 1. The zero-order chi connectivity index (χ0) is 21.7. The van der Waals surface area contributed by atoms with Crippen molar-refractivity contribution in [3.8, 4) is 0 Å². The van der Waals surface area contributed by atoms with E-state index < -0.39 is 45.2 Å². The van der Waals surface area contributed by atoms with Gasteiger partial charge in [-0.3, -0.25) is 25.0 Å². The minimum absolute atomic E-state index is 0.312. The number of esters is 1. The minimum atomic E-state index is -0.852. The highest BCUT2D eigenvalue weighted by molar-refractivity contribution is 5.98. The number of nitro benzene ring substituents is 2. The summed E-state index contributed by atoms with van der Waals surface area (Å²) < 4.78 is 5.53. The molecule has 0 heterocycles. The molecule has 10 nitrogen and oxygen atoms in total. The van der Waals surface area contributed by atoms with E-state index in [-0.39, 0.29) is 5.56 Å². The van der Waals surface area contributed by atoms with E-state index in [4.69, 9.17) is 4.74 Å². The molecule has 0 unspecified atom stereocenters. The Bertz CT molecular complexity index is 1020. The molecule has 1 aliphatic rings. The number of amides is 1. The van der Waals surface area contributed by atoms with Crippen LogP contribution in [0.1, 0.15) is 33.6 Å². The summed E-state index contributed by atoms with van der Waals surface area (Å²) in [7, 11) is 0. The van der Waals surface area contributed by atoms with E-state index in [1.165, 1.54) is 0 Å². The van der Waals surface area contributed by atoms with Crippen molar-refractivity contribution >= 4 is 23.3 Å². The average molecular weight is 411 g/mol. The number of nitrogens with zero attached hydrogens (tertiary/aromatic N) is 2. The molecule has 2 atom stereocenters. The molecule has 1 N–H and O–H groups in total. The predicted molar refractivity (Wildman–Crippen MR) is 105 cm³/mol. The van der Waals surface area contributed by atoms with Gasteiger partial charge in [0.15, 0.2) is 0 Å². The number of rotatable bonds is 6. The van der Waals surface area contributed by atoms with Crippen LogP contribution in [0.15, 0.2) is 60.7 Å². The van der Waals surface area contributed by atoms with Gasteiger partial charge >= 0.3 is 5.97 Å². The highest BCUT2D eigenvalue weighted by Crippen LogP contribution is 2.25. The van der Waals surface area contributed by atoms with Crippen molar-refractivity contribution in [2.75, 3.05) is 0 Å². The van der Waals surface area contributed by atoms with Gasteiger partial charge in [0.1, 0.15) is 11.7 Å². The van der Waals surface area contributed by atoms with Crippen LogP contribution < -0.4 is 5.32 Å². The zero-order valence-electron chi connectivity index (χ0n) is 15.6. The molecule has 30 heavy (non-hydrogen) atoms. The summed E-state index contributed by atoms with van der Waals surface area (Å²) in [5, 5.41) is 24.8. The summed E-state index contributed by atoms with van der Waals surface area (Å²) in [4.78, 5) is 45.5. The fourth-order valence-electron chi connectivity index (χ4n) is 3.07. The Labute approximate surface area is 170 Å². The summed E-state index contributed by atoms with van der Waals surface area (Å²) in [5.41, 5.74) is -1.11. The quantitative estimate of drug-likeness (QED) is 0.333. The van der Waals surface area contributed by atoms with Gasteiger partial charge < -0.3 is 10.1 Å². The molecule has 0 saturated heterocycles. The monoisotopic (exact) mass is 411 g/mol. The normalized spacial score (nSPS) is 17.7.